The van der Waals surface area contributed by atoms with Gasteiger partial charge in [0.2, 0.25) is 5.88 Å². The molecule has 5 nitrogen and oxygen atoms in total. The predicted molar refractivity (Wildman–Crippen MR) is 64.6 cm³/mol. The Morgan fingerprint density at radius 1 is 1.22 bits per heavy atom. The highest BCUT2D eigenvalue weighted by Gasteiger charge is 2.05. The van der Waals surface area contributed by atoms with Crippen molar-refractivity contribution in [2.24, 2.45) is 0 Å². The zero-order valence-electron chi connectivity index (χ0n) is 10.1. The summed E-state index contributed by atoms with van der Waals surface area (Å²) in [5.74, 6) is 0.625. The quantitative estimate of drug-likeness (QED) is 0.775. The van der Waals surface area contributed by atoms with Gasteiger partial charge in [-0.15, -0.1) is 5.10 Å². The summed E-state index contributed by atoms with van der Waals surface area (Å²) in [7, 11) is 1.34. The molecular formula is C13H12N2O3. The van der Waals surface area contributed by atoms with E-state index in [0.29, 0.717) is 17.2 Å². The second-order valence-corrected chi connectivity index (χ2v) is 3.69. The van der Waals surface area contributed by atoms with Crippen LogP contribution in [0.5, 0.6) is 11.6 Å². The third kappa shape index (κ3) is 2.82. The number of nitrogens with zero attached hydrogens (tertiary/aromatic N) is 2. The van der Waals surface area contributed by atoms with Crippen LogP contribution in [-0.2, 0) is 4.74 Å². The van der Waals surface area contributed by atoms with E-state index in [4.69, 9.17) is 4.74 Å². The van der Waals surface area contributed by atoms with Gasteiger partial charge in [-0.2, -0.15) is 5.10 Å². The summed E-state index contributed by atoms with van der Waals surface area (Å²) in [6, 6.07) is 8.39. The van der Waals surface area contributed by atoms with Gasteiger partial charge in [0.05, 0.1) is 18.9 Å². The molecule has 2 aromatic rings. The van der Waals surface area contributed by atoms with Crippen LogP contribution < -0.4 is 4.74 Å². The molecule has 0 aliphatic heterocycles. The van der Waals surface area contributed by atoms with Gasteiger partial charge >= 0.3 is 5.97 Å². The molecule has 0 saturated carbocycles. The normalized spacial score (nSPS) is 9.89. The van der Waals surface area contributed by atoms with Gasteiger partial charge in [-0.3, -0.25) is 0 Å². The number of aryl methyl sites for hydroxylation is 1. The van der Waals surface area contributed by atoms with Crippen LogP contribution in [0.1, 0.15) is 15.9 Å². The smallest absolute Gasteiger partial charge is 0.337 e. The molecule has 0 saturated heterocycles. The van der Waals surface area contributed by atoms with Crippen LogP contribution in [0, 0.1) is 6.92 Å². The lowest BCUT2D eigenvalue weighted by Gasteiger charge is -2.05. The van der Waals surface area contributed by atoms with E-state index in [0.717, 1.165) is 5.56 Å². The zero-order chi connectivity index (χ0) is 13.0. The van der Waals surface area contributed by atoms with E-state index in [1.807, 2.05) is 6.92 Å². The maximum atomic E-state index is 11.2. The summed E-state index contributed by atoms with van der Waals surface area (Å²) in [6.45, 7) is 1.90. The van der Waals surface area contributed by atoms with E-state index >= 15 is 0 Å². The fourth-order valence-corrected chi connectivity index (χ4v) is 1.39. The minimum absolute atomic E-state index is 0.378. The Bertz CT molecular complexity index is 552. The lowest BCUT2D eigenvalue weighted by Crippen LogP contribution is -2.00. The first-order valence-electron chi connectivity index (χ1n) is 5.34. The summed E-state index contributed by atoms with van der Waals surface area (Å²) in [6.07, 6.45) is 1.65. The number of carbonyl (C=O) groups excluding carboxylic acids is 1. The minimum Gasteiger partial charge on any atom is -0.465 e. The Kier molecular flexibility index (Phi) is 3.52. The van der Waals surface area contributed by atoms with Crippen LogP contribution in [0.15, 0.2) is 36.5 Å². The van der Waals surface area contributed by atoms with E-state index in [1.54, 1.807) is 36.5 Å². The average Bonchev–Trinajstić information content (AvgIpc) is 2.39. The molecule has 0 fully saturated rings. The maximum Gasteiger partial charge on any atom is 0.337 e. The molecule has 92 valence electrons. The Hall–Kier alpha value is -2.43. The second kappa shape index (κ2) is 5.27. The molecule has 2 rings (SSSR count). The number of hydrogen-bond donors (Lipinski definition) is 0. The SMILES string of the molecule is COC(=O)c1ccc(Oc2cc(C)cnn2)cc1. The fourth-order valence-electron chi connectivity index (χ4n) is 1.39. The van der Waals surface area contributed by atoms with Gasteiger partial charge in [0, 0.05) is 6.07 Å². The summed E-state index contributed by atoms with van der Waals surface area (Å²) in [5, 5.41) is 7.64. The number of benzene rings is 1. The highest BCUT2D eigenvalue weighted by molar-refractivity contribution is 5.89. The topological polar surface area (TPSA) is 61.3 Å². The largest absolute Gasteiger partial charge is 0.465 e. The number of esters is 1. The molecule has 1 aromatic heterocycles. The number of aromatic nitrogens is 2. The lowest BCUT2D eigenvalue weighted by molar-refractivity contribution is 0.0600. The molecule has 0 spiro atoms. The minimum atomic E-state index is -0.378. The van der Waals surface area contributed by atoms with Crippen LogP contribution in [0.3, 0.4) is 0 Å². The van der Waals surface area contributed by atoms with E-state index in [1.165, 1.54) is 7.11 Å². The molecule has 1 aromatic carbocycles. The second-order valence-electron chi connectivity index (χ2n) is 3.69. The zero-order valence-corrected chi connectivity index (χ0v) is 10.1. The van der Waals surface area contributed by atoms with Crippen molar-refractivity contribution in [1.29, 1.82) is 0 Å². The average molecular weight is 244 g/mol. The molecule has 0 aliphatic rings. The van der Waals surface area contributed by atoms with E-state index in [9.17, 15) is 4.79 Å². The van der Waals surface area contributed by atoms with Gasteiger partial charge in [-0.1, -0.05) is 0 Å². The summed E-state index contributed by atoms with van der Waals surface area (Å²) >= 11 is 0. The Morgan fingerprint density at radius 3 is 2.56 bits per heavy atom. The maximum absolute atomic E-state index is 11.2. The Balaban J connectivity index is 2.13. The first-order chi connectivity index (χ1) is 8.69. The summed E-state index contributed by atoms with van der Waals surface area (Å²) in [5.41, 5.74) is 1.44. The van der Waals surface area contributed by atoms with Crippen molar-refractivity contribution >= 4 is 5.97 Å². The first-order valence-corrected chi connectivity index (χ1v) is 5.34. The van der Waals surface area contributed by atoms with Crippen LogP contribution in [0.2, 0.25) is 0 Å². The molecule has 5 heteroatoms. The van der Waals surface area contributed by atoms with Crippen molar-refractivity contribution in [3.8, 4) is 11.6 Å². The van der Waals surface area contributed by atoms with Crippen molar-refractivity contribution in [2.45, 2.75) is 6.92 Å². The van der Waals surface area contributed by atoms with Gasteiger partial charge in [0.25, 0.3) is 0 Å². The number of hydrogen-bond acceptors (Lipinski definition) is 5. The van der Waals surface area contributed by atoms with Crippen molar-refractivity contribution in [2.75, 3.05) is 7.11 Å². The monoisotopic (exact) mass is 244 g/mol. The van der Waals surface area contributed by atoms with Gasteiger partial charge < -0.3 is 9.47 Å². The molecule has 0 amide bonds. The molecule has 1 heterocycles. The van der Waals surface area contributed by atoms with Gasteiger partial charge in [-0.05, 0) is 36.8 Å². The van der Waals surface area contributed by atoms with Gasteiger partial charge in [0.15, 0.2) is 0 Å². The molecule has 0 atom stereocenters. The van der Waals surface area contributed by atoms with Crippen LogP contribution in [0.25, 0.3) is 0 Å². The predicted octanol–water partition coefficient (Wildman–Crippen LogP) is 2.36. The molecule has 0 aliphatic carbocycles. The van der Waals surface area contributed by atoms with Crippen LogP contribution in [0.4, 0.5) is 0 Å². The Labute approximate surface area is 104 Å². The van der Waals surface area contributed by atoms with E-state index in [2.05, 4.69) is 14.9 Å². The van der Waals surface area contributed by atoms with Gasteiger partial charge in [0.1, 0.15) is 5.75 Å². The summed E-state index contributed by atoms with van der Waals surface area (Å²) < 4.78 is 10.1. The summed E-state index contributed by atoms with van der Waals surface area (Å²) in [4.78, 5) is 11.2. The van der Waals surface area contributed by atoms with Gasteiger partial charge in [-0.25, -0.2) is 4.79 Å². The molecule has 0 unspecified atom stereocenters. The number of methoxy groups -OCH3 is 1. The Morgan fingerprint density at radius 2 is 1.94 bits per heavy atom. The molecule has 0 bridgehead atoms. The highest BCUT2D eigenvalue weighted by atomic mass is 16.5. The number of rotatable bonds is 3. The van der Waals surface area contributed by atoms with Crippen molar-refractivity contribution in [3.63, 3.8) is 0 Å². The van der Waals surface area contributed by atoms with E-state index in [-0.39, 0.29) is 5.97 Å². The van der Waals surface area contributed by atoms with Crippen molar-refractivity contribution < 1.29 is 14.3 Å². The van der Waals surface area contributed by atoms with E-state index < -0.39 is 0 Å². The molecular weight excluding hydrogens is 232 g/mol. The van der Waals surface area contributed by atoms with Crippen LogP contribution >= 0.6 is 0 Å². The fraction of sp³-hybridized carbons (Fsp3) is 0.154. The van der Waals surface area contributed by atoms with Crippen molar-refractivity contribution in [3.05, 3.63) is 47.7 Å². The number of carbonyl (C=O) groups is 1. The third-order valence-electron chi connectivity index (χ3n) is 2.27. The molecule has 0 radical (unpaired) electrons. The lowest BCUT2D eigenvalue weighted by atomic mass is 10.2. The van der Waals surface area contributed by atoms with Crippen molar-refractivity contribution in [1.82, 2.24) is 10.2 Å². The van der Waals surface area contributed by atoms with Crippen LogP contribution in [-0.4, -0.2) is 23.3 Å². The third-order valence-corrected chi connectivity index (χ3v) is 2.27. The number of ether oxygens (including phenoxy) is 2. The highest BCUT2D eigenvalue weighted by Crippen LogP contribution is 2.19. The standard InChI is InChI=1S/C13H12N2O3/c1-9-7-12(15-14-8-9)18-11-5-3-10(4-6-11)13(16)17-2/h3-8H,1-2H3. The molecule has 0 N–H and O–H groups in total. The molecule has 18 heavy (non-hydrogen) atoms. The first kappa shape index (κ1) is 12.0.